The van der Waals surface area contributed by atoms with E-state index < -0.39 is 26.8 Å². The first kappa shape index (κ1) is 50.7. The van der Waals surface area contributed by atoms with Gasteiger partial charge < -0.3 is 60.3 Å². The van der Waals surface area contributed by atoms with Crippen LogP contribution in [0.1, 0.15) is 0 Å². The Balaban J connectivity index is -0.0000000533. The van der Waals surface area contributed by atoms with Crippen LogP contribution in [0.2, 0.25) is 0 Å². The minimum Gasteiger partial charge on any atom is -0.808 e. The van der Waals surface area contributed by atoms with E-state index in [1.807, 2.05) is 0 Å². The van der Waals surface area contributed by atoms with Gasteiger partial charge in [-0.25, -0.2) is 4.98 Å². The van der Waals surface area contributed by atoms with E-state index in [2.05, 4.69) is 4.98 Å². The predicted molar refractivity (Wildman–Crippen MR) is 56.8 cm³/mol. The average molecular weight is 432 g/mol. The monoisotopic (exact) mass is 432 g/mol. The Labute approximate surface area is 225 Å². The number of aromatic nitrogens is 2. The molecule has 124 valence electrons. The van der Waals surface area contributed by atoms with Gasteiger partial charge in [-0.1, -0.05) is 0 Å². The maximum atomic E-state index is 10.6. The van der Waals surface area contributed by atoms with Crippen LogP contribution in [0.15, 0.2) is 18.7 Å². The third kappa shape index (κ3) is 13.5. The maximum Gasteiger partial charge on any atom is 1.00 e. The van der Waals surface area contributed by atoms with Crippen molar-refractivity contribution in [2.24, 2.45) is 0 Å². The van der Waals surface area contributed by atoms with Gasteiger partial charge in [-0.15, -0.1) is 0 Å². The summed E-state index contributed by atoms with van der Waals surface area (Å²) in [5.41, 5.74) is 0. The molecule has 0 aromatic carbocycles. The first-order valence-electron chi connectivity index (χ1n) is 3.80. The summed E-state index contributed by atoms with van der Waals surface area (Å²) in [5.74, 6) is 0. The van der Waals surface area contributed by atoms with Crippen LogP contribution in [0.25, 0.3) is 0 Å². The van der Waals surface area contributed by atoms with Crippen molar-refractivity contribution in [3.8, 4) is 0 Å². The molecule has 24 heavy (non-hydrogen) atoms. The Hall–Kier alpha value is 3.31. The van der Waals surface area contributed by atoms with Gasteiger partial charge in [-0.3, -0.25) is 0 Å². The number of nitrogens with zero attached hydrogens (tertiary/aromatic N) is 2. The van der Waals surface area contributed by atoms with Crippen LogP contribution in [0, 0.1) is 0 Å². The van der Waals surface area contributed by atoms with Crippen LogP contribution in [-0.2, 0) is 15.7 Å². The van der Waals surface area contributed by atoms with Crippen LogP contribution in [0.3, 0.4) is 0 Å². The summed E-state index contributed by atoms with van der Waals surface area (Å²) in [6, 6.07) is 0. The fourth-order valence-corrected chi connectivity index (χ4v) is 2.82. The summed E-state index contributed by atoms with van der Waals surface area (Å²) in [6.45, 7) is -1.21. The Morgan fingerprint density at radius 2 is 1.25 bits per heavy atom. The van der Waals surface area contributed by atoms with Gasteiger partial charge in [0.15, 0.2) is 0 Å². The third-order valence-electron chi connectivity index (χ3n) is 1.83. The number of hydrogen-bond donors (Lipinski definition) is 1. The molecule has 1 aromatic heterocycles. The standard InChI is InChI=1S/C5H10N2O7P2.4Na.4H2O/c8-5(15(9,10)11,16(12,13)14)3-7-2-1-6-4-7;;;;;;;;/h1-2,4,8H,3H2,(H2,9,10,11)(H2,12,13,14);;;;;4*1H2/q;4*+1;;;;/p-4. The van der Waals surface area contributed by atoms with E-state index in [4.69, 9.17) is 0 Å². The molecule has 19 heteroatoms. The van der Waals surface area contributed by atoms with Gasteiger partial charge in [0, 0.05) is 12.4 Å². The molecule has 0 amide bonds. The molecule has 13 nitrogen and oxygen atoms in total. The van der Waals surface area contributed by atoms with Gasteiger partial charge in [-0.2, -0.15) is 0 Å². The molecule has 0 atom stereocenters. The molecule has 1 rings (SSSR count). The van der Waals surface area contributed by atoms with E-state index in [1.165, 1.54) is 0 Å². The summed E-state index contributed by atoms with van der Waals surface area (Å²) in [4.78, 5) is 46.0. The minimum absolute atomic E-state index is 0. The van der Waals surface area contributed by atoms with Gasteiger partial charge in [0.1, 0.15) is 5.08 Å². The topological polar surface area (TPSA) is 290 Å². The average Bonchev–Trinajstić information content (AvgIpc) is 2.52. The van der Waals surface area contributed by atoms with Gasteiger partial charge >= 0.3 is 118 Å². The van der Waals surface area contributed by atoms with Gasteiger partial charge in [0.05, 0.1) is 12.9 Å². The predicted octanol–water partition coefficient (Wildman–Crippen LogP) is -18.9. The van der Waals surface area contributed by atoms with Crippen molar-refractivity contribution in [3.05, 3.63) is 18.7 Å². The number of rotatable bonds is 4. The normalized spacial score (nSPS) is 9.38. The molecule has 0 unspecified atom stereocenters. The molecule has 0 saturated carbocycles. The van der Waals surface area contributed by atoms with Gasteiger partial charge in [0.2, 0.25) is 0 Å². The van der Waals surface area contributed by atoms with Crippen molar-refractivity contribution >= 4 is 15.2 Å². The number of hydrogen-bond acceptors (Lipinski definition) is 8. The molecular formula is C5H14N2Na4O11P2. The van der Waals surface area contributed by atoms with Crippen LogP contribution in [0.5, 0.6) is 0 Å². The Bertz CT molecular complexity index is 443. The second kappa shape index (κ2) is 19.6. The van der Waals surface area contributed by atoms with E-state index in [-0.39, 0.29) is 140 Å². The van der Waals surface area contributed by atoms with E-state index >= 15 is 0 Å². The second-order valence-corrected chi connectivity index (χ2v) is 6.83. The molecular weight excluding hydrogens is 418 g/mol. The summed E-state index contributed by atoms with van der Waals surface area (Å²) in [5, 5.41) is 5.34. The molecule has 0 spiro atoms. The van der Waals surface area contributed by atoms with Crippen molar-refractivity contribution in [3.63, 3.8) is 0 Å². The zero-order valence-electron chi connectivity index (χ0n) is 13.6. The third-order valence-corrected chi connectivity index (χ3v) is 5.34. The Kier molecular flexibility index (Phi) is 41.4. The van der Waals surface area contributed by atoms with E-state index in [9.17, 15) is 33.8 Å². The Morgan fingerprint density at radius 1 is 0.917 bits per heavy atom. The molecule has 0 saturated heterocycles. The SMILES string of the molecule is O.O.O.O.O=P([O-])([O-])C(O)(Cn1ccnc1)P(=O)([O-])[O-].[Na+].[Na+].[Na+].[Na+]. The number of imidazole rings is 1. The summed E-state index contributed by atoms with van der Waals surface area (Å²) in [7, 11) is -12.1. The first-order valence-corrected chi connectivity index (χ1v) is 6.89. The summed E-state index contributed by atoms with van der Waals surface area (Å²) >= 11 is 0. The van der Waals surface area contributed by atoms with Crippen LogP contribution >= 0.6 is 15.2 Å². The van der Waals surface area contributed by atoms with E-state index in [0.717, 1.165) is 23.3 Å². The van der Waals surface area contributed by atoms with Crippen LogP contribution in [-0.4, -0.2) is 41.6 Å². The zero-order chi connectivity index (χ0) is 12.6. The van der Waals surface area contributed by atoms with Crippen molar-refractivity contribution in [1.29, 1.82) is 0 Å². The largest absolute Gasteiger partial charge is 1.00 e. The molecule has 0 aliphatic heterocycles. The van der Waals surface area contributed by atoms with Crippen LogP contribution < -0.4 is 138 Å². The summed E-state index contributed by atoms with van der Waals surface area (Å²) in [6.07, 6.45) is 3.20. The Morgan fingerprint density at radius 3 is 1.46 bits per heavy atom. The first-order chi connectivity index (χ1) is 7.08. The fraction of sp³-hybridized carbons (Fsp3) is 0.400. The molecule has 1 aromatic rings. The molecule has 0 fully saturated rings. The van der Waals surface area contributed by atoms with Crippen molar-refractivity contribution in [2.45, 2.75) is 11.6 Å². The molecule has 1 heterocycles. The van der Waals surface area contributed by atoms with E-state index in [0.29, 0.717) is 0 Å². The van der Waals surface area contributed by atoms with Crippen molar-refractivity contribution in [2.75, 3.05) is 0 Å². The number of aliphatic hydroxyl groups is 1. The van der Waals surface area contributed by atoms with Crippen molar-refractivity contribution < 1.29 is 174 Å². The minimum atomic E-state index is -6.03. The second-order valence-electron chi connectivity index (χ2n) is 3.00. The molecule has 0 bridgehead atoms. The van der Waals surface area contributed by atoms with Gasteiger partial charge in [0.25, 0.3) is 0 Å². The van der Waals surface area contributed by atoms with Gasteiger partial charge in [-0.05, 0) is 15.2 Å². The molecule has 0 aliphatic carbocycles. The summed E-state index contributed by atoms with van der Waals surface area (Å²) < 4.78 is 22.1. The molecule has 0 radical (unpaired) electrons. The molecule has 0 aliphatic rings. The maximum absolute atomic E-state index is 10.6. The fourth-order valence-electron chi connectivity index (χ4n) is 0.948. The van der Waals surface area contributed by atoms with Crippen LogP contribution in [0.4, 0.5) is 0 Å². The smallest absolute Gasteiger partial charge is 0.808 e. The van der Waals surface area contributed by atoms with E-state index in [1.54, 1.807) is 0 Å². The quantitative estimate of drug-likeness (QED) is 0.351. The zero-order valence-corrected chi connectivity index (χ0v) is 23.4. The van der Waals surface area contributed by atoms with Crippen molar-refractivity contribution in [1.82, 2.24) is 9.55 Å². The molecule has 9 N–H and O–H groups in total.